The minimum absolute atomic E-state index is 0.0194. The Morgan fingerprint density at radius 3 is 2.69 bits per heavy atom. The number of amides is 1. The number of rotatable bonds is 4. The van der Waals surface area contributed by atoms with Gasteiger partial charge in [-0.15, -0.1) is 0 Å². The van der Waals surface area contributed by atoms with Crippen LogP contribution in [-0.2, 0) is 9.84 Å². The lowest BCUT2D eigenvalue weighted by Crippen LogP contribution is -2.35. The minimum atomic E-state index is -3.19. The standard InChI is InChI=1S/C25H19ClFN5O3S/c1-14-22(25(33)30-17-8-9-36(34,35)13-17)24-29-12-20(18-5-3-2-4-15(18)11-28)23(32(24)31-14)19-7-6-16(26)10-21(19)27/h2-7,10,12,17H,8-9,13H2,1H3,(H,30,33)/t17-/m1/s1. The van der Waals surface area contributed by atoms with Crippen LogP contribution in [0.1, 0.15) is 28.0 Å². The van der Waals surface area contributed by atoms with E-state index in [4.69, 9.17) is 11.6 Å². The fraction of sp³-hybridized carbons (Fsp3) is 0.200. The second kappa shape index (κ2) is 9.00. The van der Waals surface area contributed by atoms with Crippen molar-refractivity contribution >= 4 is 33.0 Å². The van der Waals surface area contributed by atoms with Crippen LogP contribution in [0.4, 0.5) is 4.39 Å². The lowest BCUT2D eigenvalue weighted by molar-refractivity contribution is 0.0942. The van der Waals surface area contributed by atoms with Crippen LogP contribution in [0.5, 0.6) is 0 Å². The van der Waals surface area contributed by atoms with Gasteiger partial charge in [-0.3, -0.25) is 4.79 Å². The number of nitriles is 1. The molecule has 2 aromatic heterocycles. The van der Waals surface area contributed by atoms with E-state index in [0.717, 1.165) is 0 Å². The summed E-state index contributed by atoms with van der Waals surface area (Å²) in [6.07, 6.45) is 1.81. The van der Waals surface area contributed by atoms with Gasteiger partial charge in [0.25, 0.3) is 5.91 Å². The van der Waals surface area contributed by atoms with Crippen LogP contribution in [0.2, 0.25) is 5.02 Å². The van der Waals surface area contributed by atoms with Crippen LogP contribution >= 0.6 is 11.6 Å². The molecule has 8 nitrogen and oxygen atoms in total. The maximum absolute atomic E-state index is 15.2. The van der Waals surface area contributed by atoms with Gasteiger partial charge in [-0.2, -0.15) is 10.4 Å². The number of nitrogens with one attached hydrogen (secondary N) is 1. The van der Waals surface area contributed by atoms with Crippen molar-refractivity contribution in [1.29, 1.82) is 5.26 Å². The van der Waals surface area contributed by atoms with E-state index < -0.39 is 27.6 Å². The first-order valence-electron chi connectivity index (χ1n) is 11.0. The molecule has 3 heterocycles. The fourth-order valence-electron chi connectivity index (χ4n) is 4.48. The number of carbonyl (C=O) groups is 1. The molecule has 4 aromatic rings. The van der Waals surface area contributed by atoms with Gasteiger partial charge in [-0.25, -0.2) is 22.3 Å². The number of carbonyl (C=O) groups excluding carboxylic acids is 1. The van der Waals surface area contributed by atoms with Crippen LogP contribution in [0, 0.1) is 24.1 Å². The number of nitrogens with zero attached hydrogens (tertiary/aromatic N) is 4. The molecule has 11 heteroatoms. The molecule has 182 valence electrons. The highest BCUT2D eigenvalue weighted by Crippen LogP contribution is 2.36. The summed E-state index contributed by atoms with van der Waals surface area (Å²) in [4.78, 5) is 17.7. The molecule has 0 bridgehead atoms. The summed E-state index contributed by atoms with van der Waals surface area (Å²) in [5.74, 6) is -1.22. The maximum Gasteiger partial charge on any atom is 0.257 e. The Kier molecular flexibility index (Phi) is 5.98. The van der Waals surface area contributed by atoms with Gasteiger partial charge >= 0.3 is 0 Å². The van der Waals surface area contributed by atoms with Crippen molar-refractivity contribution in [2.24, 2.45) is 0 Å². The molecule has 0 aliphatic carbocycles. The molecule has 1 fully saturated rings. The van der Waals surface area contributed by atoms with Gasteiger partial charge in [-0.1, -0.05) is 29.8 Å². The van der Waals surface area contributed by atoms with E-state index in [1.165, 1.54) is 28.9 Å². The Labute approximate surface area is 211 Å². The lowest BCUT2D eigenvalue weighted by atomic mass is 9.96. The van der Waals surface area contributed by atoms with E-state index in [2.05, 4.69) is 21.5 Å². The van der Waals surface area contributed by atoms with Crippen LogP contribution < -0.4 is 5.32 Å². The van der Waals surface area contributed by atoms with Gasteiger partial charge in [0.1, 0.15) is 11.4 Å². The number of hydrogen-bond donors (Lipinski definition) is 1. The second-order valence-corrected chi connectivity index (χ2v) is 11.2. The molecule has 5 rings (SSSR count). The summed E-state index contributed by atoms with van der Waals surface area (Å²) in [6.45, 7) is 1.62. The molecule has 0 spiro atoms. The highest BCUT2D eigenvalue weighted by molar-refractivity contribution is 7.91. The third-order valence-electron chi connectivity index (χ3n) is 6.14. The SMILES string of the molecule is Cc1nn2c(-c3ccc(Cl)cc3F)c(-c3ccccc3C#N)cnc2c1C(=O)N[C@@H]1CCS(=O)(=O)C1. The zero-order valence-corrected chi connectivity index (χ0v) is 20.6. The highest BCUT2D eigenvalue weighted by Gasteiger charge is 2.31. The molecule has 1 aliphatic heterocycles. The van der Waals surface area contributed by atoms with Crippen molar-refractivity contribution in [3.05, 3.63) is 76.3 Å². The normalized spacial score (nSPS) is 16.7. The summed E-state index contributed by atoms with van der Waals surface area (Å²) >= 11 is 5.99. The van der Waals surface area contributed by atoms with E-state index in [1.807, 2.05) is 0 Å². The van der Waals surface area contributed by atoms with Crippen molar-refractivity contribution in [3.8, 4) is 28.5 Å². The molecule has 1 atom stereocenters. The van der Waals surface area contributed by atoms with Gasteiger partial charge in [0.2, 0.25) is 0 Å². The van der Waals surface area contributed by atoms with Gasteiger partial charge in [0.05, 0.1) is 34.5 Å². The van der Waals surface area contributed by atoms with Crippen molar-refractivity contribution in [2.45, 2.75) is 19.4 Å². The number of aryl methyl sites for hydroxylation is 1. The highest BCUT2D eigenvalue weighted by atomic mass is 35.5. The smallest absolute Gasteiger partial charge is 0.257 e. The number of aromatic nitrogens is 3. The predicted octanol–water partition coefficient (Wildman–Crippen LogP) is 3.95. The van der Waals surface area contributed by atoms with Crippen LogP contribution in [0.25, 0.3) is 28.0 Å². The van der Waals surface area contributed by atoms with E-state index >= 15 is 4.39 Å². The molecule has 36 heavy (non-hydrogen) atoms. The third kappa shape index (κ3) is 4.21. The number of hydrogen-bond acceptors (Lipinski definition) is 6. The molecule has 1 saturated heterocycles. The average Bonchev–Trinajstić information content (AvgIpc) is 3.36. The Bertz CT molecular complexity index is 1690. The van der Waals surface area contributed by atoms with Crippen molar-refractivity contribution in [1.82, 2.24) is 19.9 Å². The Morgan fingerprint density at radius 2 is 2.00 bits per heavy atom. The van der Waals surface area contributed by atoms with Gasteiger partial charge in [-0.05, 0) is 37.6 Å². The van der Waals surface area contributed by atoms with E-state index in [0.29, 0.717) is 34.5 Å². The monoisotopic (exact) mass is 523 g/mol. The van der Waals surface area contributed by atoms with Crippen LogP contribution in [0.15, 0.2) is 48.7 Å². The van der Waals surface area contributed by atoms with Crippen molar-refractivity contribution < 1.29 is 17.6 Å². The quantitative estimate of drug-likeness (QED) is 0.433. The number of halogens is 2. The molecule has 2 aromatic carbocycles. The average molecular weight is 524 g/mol. The molecule has 0 radical (unpaired) electrons. The summed E-state index contributed by atoms with van der Waals surface area (Å²) < 4.78 is 40.2. The van der Waals surface area contributed by atoms with E-state index in [1.54, 1.807) is 31.2 Å². The lowest BCUT2D eigenvalue weighted by Gasteiger charge is -2.14. The minimum Gasteiger partial charge on any atom is -0.348 e. The number of fused-ring (bicyclic) bond motifs is 1. The van der Waals surface area contributed by atoms with Gasteiger partial charge in [0.15, 0.2) is 15.5 Å². The van der Waals surface area contributed by atoms with Crippen LogP contribution in [-0.4, -0.2) is 46.5 Å². The molecule has 0 saturated carbocycles. The molecular weight excluding hydrogens is 505 g/mol. The van der Waals surface area contributed by atoms with E-state index in [9.17, 15) is 18.5 Å². The zero-order valence-electron chi connectivity index (χ0n) is 19.0. The summed E-state index contributed by atoms with van der Waals surface area (Å²) in [5, 5.41) is 17.1. The van der Waals surface area contributed by atoms with Crippen molar-refractivity contribution in [2.75, 3.05) is 11.5 Å². The van der Waals surface area contributed by atoms with Gasteiger partial charge in [0, 0.05) is 34.0 Å². The molecule has 1 N–H and O–H groups in total. The first-order valence-corrected chi connectivity index (χ1v) is 13.2. The third-order valence-corrected chi connectivity index (χ3v) is 8.14. The fourth-order valence-corrected chi connectivity index (χ4v) is 6.31. The Morgan fingerprint density at radius 1 is 1.22 bits per heavy atom. The van der Waals surface area contributed by atoms with Crippen molar-refractivity contribution in [3.63, 3.8) is 0 Å². The predicted molar refractivity (Wildman–Crippen MR) is 133 cm³/mol. The first-order chi connectivity index (χ1) is 17.2. The topological polar surface area (TPSA) is 117 Å². The largest absolute Gasteiger partial charge is 0.348 e. The van der Waals surface area contributed by atoms with Gasteiger partial charge < -0.3 is 5.32 Å². The van der Waals surface area contributed by atoms with Crippen LogP contribution in [0.3, 0.4) is 0 Å². The molecule has 1 aliphatic rings. The summed E-state index contributed by atoms with van der Waals surface area (Å²) in [7, 11) is -3.19. The molecule has 1 amide bonds. The zero-order chi connectivity index (χ0) is 25.6. The summed E-state index contributed by atoms with van der Waals surface area (Å²) in [6, 6.07) is 12.7. The number of sulfone groups is 1. The Balaban J connectivity index is 1.73. The Hall–Kier alpha value is -3.81. The summed E-state index contributed by atoms with van der Waals surface area (Å²) in [5.41, 5.74) is 2.45. The van der Waals surface area contributed by atoms with E-state index in [-0.39, 0.29) is 33.3 Å². The number of benzene rings is 2. The first kappa shape index (κ1) is 23.9. The second-order valence-electron chi connectivity index (χ2n) is 8.57. The molecule has 0 unspecified atom stereocenters. The molecular formula is C25H19ClFN5O3S. The maximum atomic E-state index is 15.2.